The number of unbranched alkanes of at least 4 members (excludes halogenated alkanes) is 15. The molecule has 0 aliphatic heterocycles. The van der Waals surface area contributed by atoms with Crippen LogP contribution >= 0.6 is 0 Å². The summed E-state index contributed by atoms with van der Waals surface area (Å²) in [6, 6.07) is -0.665. The molecule has 0 aliphatic carbocycles. The predicted molar refractivity (Wildman–Crippen MR) is 181 cm³/mol. The molecule has 0 aromatic carbocycles. The Labute approximate surface area is 271 Å². The van der Waals surface area contributed by atoms with E-state index >= 15 is 0 Å². The third-order valence-electron chi connectivity index (χ3n) is 8.46. The number of ether oxygens (including phenoxy) is 2. The number of carbonyl (C=O) groups excluding carboxylic acids is 2. The molecule has 2 atom stereocenters. The lowest BCUT2D eigenvalue weighted by molar-refractivity contribution is -0.146. The highest BCUT2D eigenvalue weighted by Crippen LogP contribution is 2.19. The number of imidazole rings is 1. The van der Waals surface area contributed by atoms with Crippen molar-refractivity contribution < 1.29 is 19.1 Å². The van der Waals surface area contributed by atoms with Gasteiger partial charge in [-0.25, -0.2) is 14.8 Å². The molecule has 0 unspecified atom stereocenters. The van der Waals surface area contributed by atoms with E-state index in [-0.39, 0.29) is 31.0 Å². The van der Waals surface area contributed by atoms with Crippen molar-refractivity contribution in [2.24, 2.45) is 17.6 Å². The van der Waals surface area contributed by atoms with E-state index in [4.69, 9.17) is 20.9 Å². The van der Waals surface area contributed by atoms with Crippen molar-refractivity contribution in [3.05, 3.63) is 18.3 Å². The van der Waals surface area contributed by atoms with Gasteiger partial charge in [-0.1, -0.05) is 117 Å². The van der Waals surface area contributed by atoms with Crippen LogP contribution in [-0.2, 0) is 25.6 Å². The molecule has 2 rings (SSSR count). The van der Waals surface area contributed by atoms with E-state index in [1.807, 2.05) is 24.4 Å². The first-order valence-corrected chi connectivity index (χ1v) is 17.6. The molecule has 0 saturated heterocycles. The Kier molecular flexibility index (Phi) is 19.9. The summed E-state index contributed by atoms with van der Waals surface area (Å²) in [4.78, 5) is 36.6. The summed E-state index contributed by atoms with van der Waals surface area (Å²) in [6.07, 6.45) is 25.2. The second kappa shape index (κ2) is 23.4. The molecule has 0 spiro atoms. The zero-order valence-corrected chi connectivity index (χ0v) is 28.3. The molecule has 0 aliphatic rings. The summed E-state index contributed by atoms with van der Waals surface area (Å²) in [7, 11) is 0. The third kappa shape index (κ3) is 16.2. The highest BCUT2D eigenvalue weighted by atomic mass is 16.5. The van der Waals surface area contributed by atoms with Crippen molar-refractivity contribution in [3.63, 3.8) is 0 Å². The van der Waals surface area contributed by atoms with Crippen LogP contribution in [0.15, 0.2) is 18.3 Å². The van der Waals surface area contributed by atoms with E-state index in [0.29, 0.717) is 36.3 Å². The van der Waals surface area contributed by atoms with Crippen LogP contribution in [0.4, 0.5) is 5.95 Å². The quantitative estimate of drug-likeness (QED) is 0.0449. The number of aromatic nitrogens is 4. The van der Waals surface area contributed by atoms with Crippen LogP contribution in [0.3, 0.4) is 0 Å². The van der Waals surface area contributed by atoms with Gasteiger partial charge in [0.2, 0.25) is 5.95 Å². The average molecular weight is 629 g/mol. The van der Waals surface area contributed by atoms with Crippen LogP contribution in [0, 0.1) is 11.8 Å². The summed E-state index contributed by atoms with van der Waals surface area (Å²) < 4.78 is 13.3. The number of carbonyl (C=O) groups is 1. The fourth-order valence-electron chi connectivity index (χ4n) is 5.41. The van der Waals surface area contributed by atoms with Gasteiger partial charge in [-0.15, -0.1) is 0 Å². The van der Waals surface area contributed by atoms with Crippen molar-refractivity contribution in [1.82, 2.24) is 19.5 Å². The highest BCUT2D eigenvalue weighted by molar-refractivity contribution is 5.75. The topological polar surface area (TPSA) is 148 Å². The van der Waals surface area contributed by atoms with E-state index in [9.17, 15) is 9.59 Å². The van der Waals surface area contributed by atoms with Crippen molar-refractivity contribution >= 4 is 29.0 Å². The normalized spacial score (nSPS) is 12.7. The number of allylic oxidation sites excluding steroid dienone is 1. The van der Waals surface area contributed by atoms with E-state index < -0.39 is 12.0 Å². The second-order valence-corrected chi connectivity index (χ2v) is 12.8. The molecule has 45 heavy (non-hydrogen) atoms. The van der Waals surface area contributed by atoms with Gasteiger partial charge in [0.1, 0.15) is 11.6 Å². The van der Waals surface area contributed by atoms with Crippen LogP contribution in [0.5, 0.6) is 0 Å². The monoisotopic (exact) mass is 628 g/mol. The summed E-state index contributed by atoms with van der Waals surface area (Å²) in [6.45, 7) is 6.99. The number of nitrogens with two attached hydrogens (primary N) is 2. The Hall–Kier alpha value is -2.97. The van der Waals surface area contributed by atoms with Crippen molar-refractivity contribution in [3.8, 4) is 0 Å². The smallest absolute Gasteiger partial charge is 0.323 e. The van der Waals surface area contributed by atoms with E-state index in [1.165, 1.54) is 89.9 Å². The lowest BCUT2D eigenvalue weighted by Gasteiger charge is -2.20. The molecule has 0 radical (unpaired) electrons. The van der Waals surface area contributed by atoms with Crippen LogP contribution in [0.2, 0.25) is 0 Å². The number of fused-ring (bicyclic) bond motifs is 1. The molecule has 4 N–H and O–H groups in total. The van der Waals surface area contributed by atoms with Gasteiger partial charge in [-0.05, 0) is 18.8 Å². The lowest BCUT2D eigenvalue weighted by atomic mass is 10.0. The van der Waals surface area contributed by atoms with Crippen LogP contribution < -0.4 is 11.5 Å². The Morgan fingerprint density at radius 3 is 2.02 bits per heavy atom. The van der Waals surface area contributed by atoms with Gasteiger partial charge in [0.25, 0.3) is 0 Å². The summed E-state index contributed by atoms with van der Waals surface area (Å²) in [5, 5.41) is 0. The van der Waals surface area contributed by atoms with Gasteiger partial charge in [0, 0.05) is 18.9 Å². The predicted octanol–water partition coefficient (Wildman–Crippen LogP) is 7.33. The summed E-state index contributed by atoms with van der Waals surface area (Å²) >= 11 is 0. The number of esters is 1. The van der Waals surface area contributed by atoms with Crippen molar-refractivity contribution in [2.75, 3.05) is 18.9 Å². The Morgan fingerprint density at radius 1 is 0.889 bits per heavy atom. The number of nitrogen functional groups attached to an aromatic ring is 1. The molecule has 2 heterocycles. The second-order valence-electron chi connectivity index (χ2n) is 12.8. The zero-order valence-electron chi connectivity index (χ0n) is 28.3. The van der Waals surface area contributed by atoms with Crippen LogP contribution in [0.25, 0.3) is 11.2 Å². The first-order chi connectivity index (χ1) is 21.8. The van der Waals surface area contributed by atoms with Crippen molar-refractivity contribution in [2.45, 2.75) is 149 Å². The SMILES string of the molecule is CCCCCCCCCCCCCCCCCCC(=C=O)OC[C@H](CCOC(=O)[C@@H](N)C(C)C)Cn1cnc2cnc(N)nc21. The van der Waals surface area contributed by atoms with E-state index in [2.05, 4.69) is 21.9 Å². The van der Waals surface area contributed by atoms with Crippen LogP contribution in [0.1, 0.15) is 136 Å². The number of hydrogen-bond donors (Lipinski definition) is 2. The standard InChI is InChI=1S/C35H60N6O4/c1-4-5-6-7-8-9-10-11-12-13-14-15-16-17-18-19-20-30(25-42)45-26-29(21-22-44-34(43)32(36)28(2)3)24-41-27-39-31-23-38-35(37)40-33(31)41/h23,27-29,32H,4-22,24,26,36H2,1-3H3,(H2,37,38,40)/t29-,32+/m1/s1. The average Bonchev–Trinajstić information content (AvgIpc) is 3.42. The molecule has 2 aromatic rings. The maximum atomic E-state index is 12.3. The summed E-state index contributed by atoms with van der Waals surface area (Å²) in [5.74, 6) is 1.98. The molecular formula is C35H60N6O4. The number of anilines is 1. The molecule has 0 bridgehead atoms. The first-order valence-electron chi connectivity index (χ1n) is 17.6. The van der Waals surface area contributed by atoms with Gasteiger partial charge in [-0.3, -0.25) is 4.79 Å². The van der Waals surface area contributed by atoms with Gasteiger partial charge in [0.15, 0.2) is 17.3 Å². The van der Waals surface area contributed by atoms with Crippen LogP contribution in [-0.4, -0.2) is 50.7 Å². The molecule has 10 nitrogen and oxygen atoms in total. The fourth-order valence-corrected chi connectivity index (χ4v) is 5.41. The molecule has 254 valence electrons. The van der Waals surface area contributed by atoms with Gasteiger partial charge in [0.05, 0.1) is 25.7 Å². The number of hydrogen-bond acceptors (Lipinski definition) is 9. The lowest BCUT2D eigenvalue weighted by Crippen LogP contribution is -2.37. The maximum absolute atomic E-state index is 12.3. The largest absolute Gasteiger partial charge is 0.486 e. The highest BCUT2D eigenvalue weighted by Gasteiger charge is 2.20. The molecule has 0 amide bonds. The number of rotatable bonds is 27. The van der Waals surface area contributed by atoms with E-state index in [1.54, 1.807) is 12.5 Å². The van der Waals surface area contributed by atoms with Crippen molar-refractivity contribution in [1.29, 1.82) is 0 Å². The minimum absolute atomic E-state index is 0.0103. The Morgan fingerprint density at radius 2 is 1.47 bits per heavy atom. The minimum Gasteiger partial charge on any atom is -0.486 e. The minimum atomic E-state index is -0.665. The maximum Gasteiger partial charge on any atom is 0.323 e. The van der Waals surface area contributed by atoms with E-state index in [0.717, 1.165) is 12.8 Å². The van der Waals surface area contributed by atoms with Gasteiger partial charge < -0.3 is 25.5 Å². The zero-order chi connectivity index (χ0) is 32.7. The molecule has 0 saturated carbocycles. The third-order valence-corrected chi connectivity index (χ3v) is 8.46. The van der Waals surface area contributed by atoms with Gasteiger partial charge >= 0.3 is 5.97 Å². The Bertz CT molecular complexity index is 1130. The molecular weight excluding hydrogens is 568 g/mol. The molecule has 2 aromatic heterocycles. The molecule has 0 fully saturated rings. The molecule has 10 heteroatoms. The summed E-state index contributed by atoms with van der Waals surface area (Å²) in [5.41, 5.74) is 13.0. The number of nitrogens with zero attached hydrogens (tertiary/aromatic N) is 4. The first kappa shape index (κ1) is 38.2. The Balaban J connectivity index is 1.67. The fraction of sp³-hybridized carbons (Fsp3) is 0.771. The van der Waals surface area contributed by atoms with Gasteiger partial charge in [-0.2, -0.15) is 4.98 Å².